The highest BCUT2D eigenvalue weighted by Crippen LogP contribution is 2.04. The lowest BCUT2D eigenvalue weighted by molar-refractivity contribution is -0.140. The lowest BCUT2D eigenvalue weighted by atomic mass is 10.3. The van der Waals surface area contributed by atoms with Gasteiger partial charge in [0.15, 0.2) is 6.29 Å². The lowest BCUT2D eigenvalue weighted by Crippen LogP contribution is -2.04. The predicted octanol–water partition coefficient (Wildman–Crippen LogP) is 0.957. The zero-order valence-electron chi connectivity index (χ0n) is 8.90. The van der Waals surface area contributed by atoms with E-state index in [1.807, 2.05) is 6.92 Å². The molecule has 5 nitrogen and oxygen atoms in total. The van der Waals surface area contributed by atoms with Gasteiger partial charge in [0, 0.05) is 19.2 Å². The highest BCUT2D eigenvalue weighted by Gasteiger charge is 2.04. The van der Waals surface area contributed by atoms with Crippen LogP contribution in [0.3, 0.4) is 0 Å². The van der Waals surface area contributed by atoms with Crippen LogP contribution in [0.2, 0.25) is 0 Å². The quantitative estimate of drug-likeness (QED) is 0.536. The van der Waals surface area contributed by atoms with Crippen molar-refractivity contribution in [3.63, 3.8) is 0 Å². The molecule has 0 fully saturated rings. The summed E-state index contributed by atoms with van der Waals surface area (Å²) in [5.41, 5.74) is 1.30. The Balaban J connectivity index is 2.44. The molecule has 1 aromatic rings. The molecule has 82 valence electrons. The Morgan fingerprint density at radius 1 is 1.67 bits per heavy atom. The molecule has 0 spiro atoms. The second-order valence-corrected chi connectivity index (χ2v) is 3.26. The molecule has 0 amide bonds. The van der Waals surface area contributed by atoms with E-state index in [1.54, 1.807) is 10.9 Å². The fraction of sp³-hybridized carbons (Fsp3) is 0.500. The van der Waals surface area contributed by atoms with Crippen LogP contribution >= 0.6 is 0 Å². The van der Waals surface area contributed by atoms with Gasteiger partial charge >= 0.3 is 5.97 Å². The second-order valence-electron chi connectivity index (χ2n) is 3.26. The van der Waals surface area contributed by atoms with Gasteiger partial charge in [-0.05, 0) is 18.9 Å². The molecule has 15 heavy (non-hydrogen) atoms. The molecule has 0 atom stereocenters. The first-order valence-corrected chi connectivity index (χ1v) is 4.73. The number of hydrogen-bond acceptors (Lipinski definition) is 4. The van der Waals surface area contributed by atoms with Crippen LogP contribution in [0.25, 0.3) is 0 Å². The third-order valence-corrected chi connectivity index (χ3v) is 2.09. The van der Waals surface area contributed by atoms with E-state index in [1.165, 1.54) is 7.11 Å². The minimum absolute atomic E-state index is 0.227. The number of carbonyl (C=O) groups excluding carboxylic acids is 2. The molecule has 0 N–H and O–H groups in total. The van der Waals surface area contributed by atoms with Crippen molar-refractivity contribution in [1.82, 2.24) is 9.78 Å². The summed E-state index contributed by atoms with van der Waals surface area (Å²) >= 11 is 0. The number of hydrogen-bond donors (Lipinski definition) is 0. The first kappa shape index (κ1) is 11.4. The van der Waals surface area contributed by atoms with Gasteiger partial charge in [0.1, 0.15) is 5.69 Å². The molecular formula is C10H14N2O3. The fourth-order valence-electron chi connectivity index (χ4n) is 1.25. The molecule has 0 bridgehead atoms. The highest BCUT2D eigenvalue weighted by molar-refractivity contribution is 5.73. The van der Waals surface area contributed by atoms with E-state index in [0.29, 0.717) is 25.1 Å². The summed E-state index contributed by atoms with van der Waals surface area (Å²) in [5, 5.41) is 4.05. The molecule has 0 aliphatic heterocycles. The minimum atomic E-state index is -0.227. The van der Waals surface area contributed by atoms with E-state index in [2.05, 4.69) is 9.84 Å². The van der Waals surface area contributed by atoms with Crippen LogP contribution < -0.4 is 0 Å². The topological polar surface area (TPSA) is 61.2 Å². The Kier molecular flexibility index (Phi) is 4.03. The van der Waals surface area contributed by atoms with Crippen LogP contribution in [0.5, 0.6) is 0 Å². The molecule has 0 unspecified atom stereocenters. The Hall–Kier alpha value is -1.65. The number of methoxy groups -OCH3 is 1. The van der Waals surface area contributed by atoms with Gasteiger partial charge in [-0.3, -0.25) is 14.3 Å². The number of esters is 1. The maximum absolute atomic E-state index is 10.8. The Morgan fingerprint density at radius 3 is 2.93 bits per heavy atom. The summed E-state index contributed by atoms with van der Waals surface area (Å²) in [7, 11) is 1.37. The maximum atomic E-state index is 10.8. The highest BCUT2D eigenvalue weighted by atomic mass is 16.5. The summed E-state index contributed by atoms with van der Waals surface area (Å²) in [5.74, 6) is -0.227. The van der Waals surface area contributed by atoms with Gasteiger partial charge < -0.3 is 4.74 Å². The van der Waals surface area contributed by atoms with E-state index in [-0.39, 0.29) is 5.97 Å². The van der Waals surface area contributed by atoms with Crippen LogP contribution in [-0.2, 0) is 16.1 Å². The number of aromatic nitrogens is 2. The zero-order valence-corrected chi connectivity index (χ0v) is 8.90. The number of rotatable bonds is 5. The van der Waals surface area contributed by atoms with Crippen molar-refractivity contribution in [1.29, 1.82) is 0 Å². The van der Waals surface area contributed by atoms with Gasteiger partial charge in [0.25, 0.3) is 0 Å². The van der Waals surface area contributed by atoms with Crippen LogP contribution in [0.1, 0.15) is 28.9 Å². The van der Waals surface area contributed by atoms with Crippen molar-refractivity contribution in [2.75, 3.05) is 7.11 Å². The lowest BCUT2D eigenvalue weighted by Gasteiger charge is -2.00. The smallest absolute Gasteiger partial charge is 0.305 e. The van der Waals surface area contributed by atoms with Crippen molar-refractivity contribution < 1.29 is 14.3 Å². The van der Waals surface area contributed by atoms with Crippen molar-refractivity contribution in [2.24, 2.45) is 0 Å². The summed E-state index contributed by atoms with van der Waals surface area (Å²) in [4.78, 5) is 21.3. The fourth-order valence-corrected chi connectivity index (χ4v) is 1.25. The van der Waals surface area contributed by atoms with E-state index in [0.717, 1.165) is 11.8 Å². The molecule has 0 aliphatic rings. The van der Waals surface area contributed by atoms with Crippen LogP contribution in [0, 0.1) is 6.92 Å². The van der Waals surface area contributed by atoms with E-state index >= 15 is 0 Å². The first-order valence-electron chi connectivity index (χ1n) is 4.73. The number of carbonyl (C=O) groups is 2. The molecule has 5 heteroatoms. The van der Waals surface area contributed by atoms with Gasteiger partial charge in [0.05, 0.1) is 7.11 Å². The van der Waals surface area contributed by atoms with Crippen molar-refractivity contribution in [3.05, 3.63) is 17.5 Å². The standard InChI is InChI=1S/C10H14N2O3/c1-8-6-12(11-9(8)7-13)5-3-4-10(14)15-2/h6-7H,3-5H2,1-2H3. The van der Waals surface area contributed by atoms with E-state index in [9.17, 15) is 9.59 Å². The van der Waals surface area contributed by atoms with Crippen LogP contribution in [0.15, 0.2) is 6.20 Å². The van der Waals surface area contributed by atoms with Gasteiger partial charge in [0.2, 0.25) is 0 Å². The molecule has 1 heterocycles. The monoisotopic (exact) mass is 210 g/mol. The third-order valence-electron chi connectivity index (χ3n) is 2.09. The largest absolute Gasteiger partial charge is 0.469 e. The molecular weight excluding hydrogens is 196 g/mol. The molecule has 1 rings (SSSR count). The number of ether oxygens (including phenoxy) is 1. The predicted molar refractivity (Wildman–Crippen MR) is 53.6 cm³/mol. The number of aldehydes is 1. The Bertz CT molecular complexity index is 358. The summed E-state index contributed by atoms with van der Waals surface area (Å²) in [6.07, 6.45) is 3.55. The number of aryl methyl sites for hydroxylation is 2. The maximum Gasteiger partial charge on any atom is 0.305 e. The van der Waals surface area contributed by atoms with Gasteiger partial charge in [-0.1, -0.05) is 0 Å². The van der Waals surface area contributed by atoms with Crippen molar-refractivity contribution >= 4 is 12.3 Å². The molecule has 0 aliphatic carbocycles. The summed E-state index contributed by atoms with van der Waals surface area (Å²) in [6.45, 7) is 2.44. The molecule has 1 aromatic heterocycles. The molecule has 0 aromatic carbocycles. The minimum Gasteiger partial charge on any atom is -0.469 e. The van der Waals surface area contributed by atoms with Gasteiger partial charge in [-0.2, -0.15) is 5.10 Å². The molecule has 0 saturated heterocycles. The van der Waals surface area contributed by atoms with Crippen LogP contribution in [-0.4, -0.2) is 29.1 Å². The Morgan fingerprint density at radius 2 is 2.40 bits per heavy atom. The zero-order chi connectivity index (χ0) is 11.3. The number of nitrogens with zero attached hydrogens (tertiary/aromatic N) is 2. The second kappa shape index (κ2) is 5.29. The average molecular weight is 210 g/mol. The normalized spacial score (nSPS) is 10.0. The van der Waals surface area contributed by atoms with Crippen LogP contribution in [0.4, 0.5) is 0 Å². The first-order chi connectivity index (χ1) is 7.17. The molecule has 0 saturated carbocycles. The van der Waals surface area contributed by atoms with Gasteiger partial charge in [-0.25, -0.2) is 0 Å². The molecule has 0 radical (unpaired) electrons. The van der Waals surface area contributed by atoms with Crippen molar-refractivity contribution in [2.45, 2.75) is 26.3 Å². The SMILES string of the molecule is COC(=O)CCCn1cc(C)c(C=O)n1. The Labute approximate surface area is 88.0 Å². The van der Waals surface area contributed by atoms with Gasteiger partial charge in [-0.15, -0.1) is 0 Å². The van der Waals surface area contributed by atoms with E-state index < -0.39 is 0 Å². The summed E-state index contributed by atoms with van der Waals surface area (Å²) < 4.78 is 6.18. The average Bonchev–Trinajstić information content (AvgIpc) is 2.58. The summed E-state index contributed by atoms with van der Waals surface area (Å²) in [6, 6.07) is 0. The third kappa shape index (κ3) is 3.19. The van der Waals surface area contributed by atoms with E-state index in [4.69, 9.17) is 0 Å². The van der Waals surface area contributed by atoms with Crippen molar-refractivity contribution in [3.8, 4) is 0 Å².